The van der Waals surface area contributed by atoms with Gasteiger partial charge in [0.05, 0.1) is 6.04 Å². The smallest absolute Gasteiger partial charge is 0.191 e. The molecule has 0 saturated carbocycles. The minimum absolute atomic E-state index is 0.350. The van der Waals surface area contributed by atoms with E-state index < -0.39 is 0 Å². The summed E-state index contributed by atoms with van der Waals surface area (Å²) < 4.78 is 0. The summed E-state index contributed by atoms with van der Waals surface area (Å²) in [5.41, 5.74) is 1.33. The molecule has 5 heteroatoms. The lowest BCUT2D eigenvalue weighted by Gasteiger charge is -2.24. The summed E-state index contributed by atoms with van der Waals surface area (Å²) in [5, 5.41) is 8.93. The van der Waals surface area contributed by atoms with Crippen molar-refractivity contribution in [2.75, 3.05) is 34.2 Å². The van der Waals surface area contributed by atoms with Crippen LogP contribution < -0.4 is 10.6 Å². The average molecular weight is 331 g/mol. The Balaban J connectivity index is 1.80. The van der Waals surface area contributed by atoms with Crippen molar-refractivity contribution >= 4 is 17.3 Å². The highest BCUT2D eigenvalue weighted by molar-refractivity contribution is 7.10. The molecule has 0 saturated heterocycles. The van der Waals surface area contributed by atoms with E-state index in [4.69, 9.17) is 0 Å². The lowest BCUT2D eigenvalue weighted by atomic mass is 10.1. The lowest BCUT2D eigenvalue weighted by molar-refractivity contribution is 0.302. The summed E-state index contributed by atoms with van der Waals surface area (Å²) in [7, 11) is 6.03. The molecule has 2 rings (SSSR count). The molecule has 0 amide bonds. The summed E-state index contributed by atoms with van der Waals surface area (Å²) >= 11 is 1.79. The molecule has 1 unspecified atom stereocenters. The van der Waals surface area contributed by atoms with E-state index in [0.717, 1.165) is 25.5 Å². The van der Waals surface area contributed by atoms with Crippen LogP contribution in [-0.4, -0.2) is 45.1 Å². The second-order valence-corrected chi connectivity index (χ2v) is 6.59. The van der Waals surface area contributed by atoms with Gasteiger partial charge in [-0.25, -0.2) is 0 Å². The van der Waals surface area contributed by atoms with Gasteiger partial charge < -0.3 is 15.5 Å². The third-order valence-corrected chi connectivity index (χ3v) is 4.70. The number of thiophene rings is 1. The molecule has 4 nitrogen and oxygen atoms in total. The molecule has 0 aliphatic heterocycles. The Bertz CT molecular complexity index is 578. The summed E-state index contributed by atoms with van der Waals surface area (Å²) in [5.74, 6) is 0.851. The fourth-order valence-electron chi connectivity index (χ4n) is 2.40. The van der Waals surface area contributed by atoms with Crippen molar-refractivity contribution in [3.05, 3.63) is 58.3 Å². The average Bonchev–Trinajstić information content (AvgIpc) is 3.08. The normalized spacial score (nSPS) is 13.1. The van der Waals surface area contributed by atoms with E-state index in [2.05, 4.69) is 76.4 Å². The lowest BCUT2D eigenvalue weighted by Crippen LogP contribution is -2.42. The van der Waals surface area contributed by atoms with Crippen LogP contribution in [0.2, 0.25) is 0 Å². The number of hydrogen-bond acceptors (Lipinski definition) is 3. The zero-order valence-corrected chi connectivity index (χ0v) is 14.9. The fraction of sp³-hybridized carbons (Fsp3) is 0.389. The zero-order valence-electron chi connectivity index (χ0n) is 14.1. The molecule has 0 aliphatic rings. The monoisotopic (exact) mass is 330 g/mol. The summed E-state index contributed by atoms with van der Waals surface area (Å²) in [6.45, 7) is 1.70. The van der Waals surface area contributed by atoms with E-state index in [-0.39, 0.29) is 0 Å². The molecule has 0 radical (unpaired) electrons. The van der Waals surface area contributed by atoms with Gasteiger partial charge in [0.15, 0.2) is 5.96 Å². The predicted octanol–water partition coefficient (Wildman–Crippen LogP) is 2.76. The van der Waals surface area contributed by atoms with Gasteiger partial charge in [-0.3, -0.25) is 4.99 Å². The van der Waals surface area contributed by atoms with Gasteiger partial charge in [0, 0.05) is 25.0 Å². The number of hydrogen-bond donors (Lipinski definition) is 2. The first kappa shape index (κ1) is 17.5. The van der Waals surface area contributed by atoms with E-state index in [1.807, 2.05) is 13.1 Å². The Kier molecular flexibility index (Phi) is 7.10. The van der Waals surface area contributed by atoms with Gasteiger partial charge in [-0.2, -0.15) is 0 Å². The number of rotatable bonds is 7. The molecule has 1 aromatic carbocycles. The molecule has 1 aromatic heterocycles. The summed E-state index contributed by atoms with van der Waals surface area (Å²) in [6.07, 6.45) is 0.990. The third-order valence-electron chi connectivity index (χ3n) is 3.73. The van der Waals surface area contributed by atoms with Crippen LogP contribution in [0.15, 0.2) is 52.8 Å². The van der Waals surface area contributed by atoms with E-state index in [1.54, 1.807) is 11.3 Å². The van der Waals surface area contributed by atoms with E-state index in [9.17, 15) is 0 Å². The number of nitrogens with zero attached hydrogens (tertiary/aromatic N) is 2. The second-order valence-electron chi connectivity index (χ2n) is 5.61. The molecule has 1 heterocycles. The number of nitrogens with one attached hydrogen (secondary N) is 2. The minimum atomic E-state index is 0.350. The first-order valence-corrected chi connectivity index (χ1v) is 8.77. The Morgan fingerprint density at radius 1 is 1.13 bits per heavy atom. The Hall–Kier alpha value is -1.85. The van der Waals surface area contributed by atoms with Gasteiger partial charge in [0.25, 0.3) is 0 Å². The third kappa shape index (κ3) is 5.69. The number of aliphatic imine (C=N–C) groups is 1. The maximum Gasteiger partial charge on any atom is 0.191 e. The van der Waals surface area contributed by atoms with E-state index in [1.165, 1.54) is 10.4 Å². The molecule has 2 aromatic rings. The van der Waals surface area contributed by atoms with Crippen molar-refractivity contribution in [3.63, 3.8) is 0 Å². The van der Waals surface area contributed by atoms with Crippen LogP contribution in [0, 0.1) is 0 Å². The standard InChI is InChI=1S/C18H26N4S/c1-19-18(20-12-11-15-8-5-4-6-9-15)21-14-16(22(2)3)17-10-7-13-23-17/h4-10,13,16H,11-12,14H2,1-3H3,(H2,19,20,21). The van der Waals surface area contributed by atoms with E-state index in [0.29, 0.717) is 6.04 Å². The van der Waals surface area contributed by atoms with Crippen LogP contribution in [0.5, 0.6) is 0 Å². The van der Waals surface area contributed by atoms with Crippen LogP contribution in [0.25, 0.3) is 0 Å². The van der Waals surface area contributed by atoms with Gasteiger partial charge in [0.2, 0.25) is 0 Å². The van der Waals surface area contributed by atoms with Crippen LogP contribution in [-0.2, 0) is 6.42 Å². The van der Waals surface area contributed by atoms with Crippen molar-refractivity contribution in [2.24, 2.45) is 4.99 Å². The van der Waals surface area contributed by atoms with Crippen molar-refractivity contribution in [3.8, 4) is 0 Å². The maximum absolute atomic E-state index is 4.31. The largest absolute Gasteiger partial charge is 0.356 e. The predicted molar refractivity (Wildman–Crippen MR) is 100 cm³/mol. The second kappa shape index (κ2) is 9.33. The fourth-order valence-corrected chi connectivity index (χ4v) is 3.33. The first-order valence-electron chi connectivity index (χ1n) is 7.89. The molecule has 0 aliphatic carbocycles. The molecule has 0 fully saturated rings. The van der Waals surface area contributed by atoms with Crippen molar-refractivity contribution < 1.29 is 0 Å². The Morgan fingerprint density at radius 2 is 1.91 bits per heavy atom. The van der Waals surface area contributed by atoms with Crippen molar-refractivity contribution in [1.82, 2.24) is 15.5 Å². The zero-order chi connectivity index (χ0) is 16.5. The quantitative estimate of drug-likeness (QED) is 0.606. The topological polar surface area (TPSA) is 39.7 Å². The van der Waals surface area contributed by atoms with E-state index >= 15 is 0 Å². The van der Waals surface area contributed by atoms with Crippen LogP contribution in [0.3, 0.4) is 0 Å². The number of likely N-dealkylation sites (N-methyl/N-ethyl adjacent to an activating group) is 1. The summed E-state index contributed by atoms with van der Waals surface area (Å²) in [6, 6.07) is 15.1. The van der Waals surface area contributed by atoms with Gasteiger partial charge in [-0.05, 0) is 37.5 Å². The molecular weight excluding hydrogens is 304 g/mol. The van der Waals surface area contributed by atoms with Crippen LogP contribution in [0.1, 0.15) is 16.5 Å². The van der Waals surface area contributed by atoms with Gasteiger partial charge in [-0.1, -0.05) is 36.4 Å². The molecular formula is C18H26N4S. The van der Waals surface area contributed by atoms with Crippen molar-refractivity contribution in [2.45, 2.75) is 12.5 Å². The Labute approximate surface area is 143 Å². The van der Waals surface area contributed by atoms with Gasteiger partial charge in [0.1, 0.15) is 0 Å². The van der Waals surface area contributed by atoms with Crippen LogP contribution in [0.4, 0.5) is 0 Å². The number of guanidine groups is 1. The molecule has 2 N–H and O–H groups in total. The van der Waals surface area contributed by atoms with Gasteiger partial charge in [-0.15, -0.1) is 11.3 Å². The Morgan fingerprint density at radius 3 is 2.52 bits per heavy atom. The van der Waals surface area contributed by atoms with Crippen molar-refractivity contribution in [1.29, 1.82) is 0 Å². The molecule has 124 valence electrons. The van der Waals surface area contributed by atoms with Crippen LogP contribution >= 0.6 is 11.3 Å². The highest BCUT2D eigenvalue weighted by Crippen LogP contribution is 2.22. The SMILES string of the molecule is CN=C(NCCc1ccccc1)NCC(c1cccs1)N(C)C. The molecule has 0 spiro atoms. The molecule has 1 atom stereocenters. The maximum atomic E-state index is 4.31. The molecule has 0 bridgehead atoms. The minimum Gasteiger partial charge on any atom is -0.356 e. The van der Waals surface area contributed by atoms with Gasteiger partial charge >= 0.3 is 0 Å². The summed E-state index contributed by atoms with van der Waals surface area (Å²) in [4.78, 5) is 7.91. The number of benzene rings is 1. The molecule has 23 heavy (non-hydrogen) atoms. The highest BCUT2D eigenvalue weighted by Gasteiger charge is 2.15. The first-order chi connectivity index (χ1) is 11.2. The highest BCUT2D eigenvalue weighted by atomic mass is 32.1.